The van der Waals surface area contributed by atoms with Gasteiger partial charge in [0.15, 0.2) is 0 Å². The normalized spacial score (nSPS) is 12.3. The van der Waals surface area contributed by atoms with Crippen molar-refractivity contribution in [3.63, 3.8) is 0 Å². The zero-order valence-corrected chi connectivity index (χ0v) is 16.4. The summed E-state index contributed by atoms with van der Waals surface area (Å²) in [7, 11) is -1.95. The third-order valence-corrected chi connectivity index (χ3v) is 4.43. The van der Waals surface area contributed by atoms with Gasteiger partial charge in [-0.3, -0.25) is 4.79 Å². The van der Waals surface area contributed by atoms with Gasteiger partial charge in [-0.05, 0) is 48.9 Å². The van der Waals surface area contributed by atoms with E-state index in [1.165, 1.54) is 0 Å². The Morgan fingerprint density at radius 1 is 1.04 bits per heavy atom. The molecule has 146 valence electrons. The quantitative estimate of drug-likeness (QED) is 0.684. The molecule has 0 unspecified atom stereocenters. The molecule has 0 heterocycles. The molecule has 0 saturated heterocycles. The minimum atomic E-state index is -3.50. The van der Waals surface area contributed by atoms with Gasteiger partial charge in [0.2, 0.25) is 15.9 Å². The predicted octanol–water partition coefficient (Wildman–Crippen LogP) is 2.71. The number of anilines is 1. The van der Waals surface area contributed by atoms with Gasteiger partial charge in [0.1, 0.15) is 11.5 Å². The van der Waals surface area contributed by atoms with Gasteiger partial charge in [0, 0.05) is 12.1 Å². The van der Waals surface area contributed by atoms with E-state index < -0.39 is 16.1 Å². The lowest BCUT2D eigenvalue weighted by Crippen LogP contribution is -2.30. The zero-order chi connectivity index (χ0) is 19.9. The molecule has 2 aromatic carbocycles. The van der Waals surface area contributed by atoms with Crippen LogP contribution in [-0.2, 0) is 14.8 Å². The van der Waals surface area contributed by atoms with Gasteiger partial charge in [-0.2, -0.15) is 0 Å². The predicted molar refractivity (Wildman–Crippen MR) is 105 cm³/mol. The Bertz CT molecular complexity index is 849. The molecule has 27 heavy (non-hydrogen) atoms. The fourth-order valence-corrected chi connectivity index (χ4v) is 3.26. The number of nitrogens with one attached hydrogen (secondary N) is 2. The molecule has 0 bridgehead atoms. The molecule has 0 radical (unpaired) electrons. The Balaban J connectivity index is 2.09. The number of benzene rings is 2. The smallest absolute Gasteiger partial charge is 0.226 e. The van der Waals surface area contributed by atoms with Gasteiger partial charge in [0.05, 0.1) is 26.0 Å². The Morgan fingerprint density at radius 3 is 2.15 bits per heavy atom. The highest BCUT2D eigenvalue weighted by molar-refractivity contribution is 7.88. The first kappa shape index (κ1) is 20.7. The highest BCUT2D eigenvalue weighted by Gasteiger charge is 2.20. The molecule has 0 fully saturated rings. The summed E-state index contributed by atoms with van der Waals surface area (Å²) in [4.78, 5) is 12.4. The van der Waals surface area contributed by atoms with Crippen LogP contribution in [0.1, 0.15) is 24.9 Å². The molecule has 8 heteroatoms. The number of ether oxygens (including phenoxy) is 2. The van der Waals surface area contributed by atoms with E-state index in [4.69, 9.17) is 9.47 Å². The lowest BCUT2D eigenvalue weighted by Gasteiger charge is -2.18. The van der Waals surface area contributed by atoms with Crippen LogP contribution in [-0.4, -0.2) is 34.3 Å². The summed E-state index contributed by atoms with van der Waals surface area (Å²) in [5.41, 5.74) is 1.28. The summed E-state index contributed by atoms with van der Waals surface area (Å²) in [6, 6.07) is 13.2. The van der Waals surface area contributed by atoms with Crippen molar-refractivity contribution in [2.75, 3.05) is 25.3 Å². The van der Waals surface area contributed by atoms with Crippen molar-refractivity contribution in [1.29, 1.82) is 0 Å². The fraction of sp³-hybridized carbons (Fsp3) is 0.316. The van der Waals surface area contributed by atoms with Crippen molar-refractivity contribution in [3.8, 4) is 11.5 Å². The second-order valence-corrected chi connectivity index (χ2v) is 7.71. The molecule has 7 nitrogen and oxygen atoms in total. The maximum atomic E-state index is 12.4. The number of hydrogen-bond acceptors (Lipinski definition) is 5. The van der Waals surface area contributed by atoms with Crippen molar-refractivity contribution in [2.24, 2.45) is 0 Å². The summed E-state index contributed by atoms with van der Waals surface area (Å²) in [6.07, 6.45) is 1.01. The van der Waals surface area contributed by atoms with E-state index in [0.717, 1.165) is 6.26 Å². The second kappa shape index (κ2) is 9.38. The molecule has 0 saturated carbocycles. The zero-order valence-electron chi connectivity index (χ0n) is 15.6. The summed E-state index contributed by atoms with van der Waals surface area (Å²) >= 11 is 0. The van der Waals surface area contributed by atoms with Gasteiger partial charge in [0.25, 0.3) is 0 Å². The molecular weight excluding hydrogens is 368 g/mol. The van der Waals surface area contributed by atoms with Crippen LogP contribution in [0.25, 0.3) is 0 Å². The van der Waals surface area contributed by atoms with E-state index in [1.54, 1.807) is 55.6 Å². The number of carbonyl (C=O) groups is 1. The van der Waals surface area contributed by atoms with Gasteiger partial charge in [-0.1, -0.05) is 12.1 Å². The van der Waals surface area contributed by atoms with Crippen LogP contribution in [0.4, 0.5) is 5.69 Å². The Morgan fingerprint density at radius 2 is 1.63 bits per heavy atom. The highest BCUT2D eigenvalue weighted by Crippen LogP contribution is 2.22. The molecule has 0 aliphatic heterocycles. The van der Waals surface area contributed by atoms with E-state index in [-0.39, 0.29) is 12.3 Å². The van der Waals surface area contributed by atoms with Crippen LogP contribution in [0.2, 0.25) is 0 Å². The Hall–Kier alpha value is -2.58. The molecule has 1 atom stereocenters. The van der Waals surface area contributed by atoms with E-state index in [9.17, 15) is 13.2 Å². The number of rotatable bonds is 9. The summed E-state index contributed by atoms with van der Waals surface area (Å²) in [5.74, 6) is 1.05. The number of amides is 1. The van der Waals surface area contributed by atoms with Crippen molar-refractivity contribution < 1.29 is 22.7 Å². The van der Waals surface area contributed by atoms with Crippen molar-refractivity contribution in [2.45, 2.75) is 19.4 Å². The lowest BCUT2D eigenvalue weighted by atomic mass is 10.0. The highest BCUT2D eigenvalue weighted by atomic mass is 32.2. The molecule has 1 amide bonds. The number of sulfonamides is 1. The maximum Gasteiger partial charge on any atom is 0.226 e. The molecule has 0 spiro atoms. The van der Waals surface area contributed by atoms with Gasteiger partial charge in [-0.25, -0.2) is 13.1 Å². The van der Waals surface area contributed by atoms with Crippen LogP contribution in [0.3, 0.4) is 0 Å². The van der Waals surface area contributed by atoms with Crippen molar-refractivity contribution >= 4 is 21.6 Å². The van der Waals surface area contributed by atoms with E-state index in [1.807, 2.05) is 6.92 Å². The van der Waals surface area contributed by atoms with Crippen LogP contribution in [0.5, 0.6) is 11.5 Å². The average Bonchev–Trinajstić information content (AvgIpc) is 2.62. The third kappa shape index (κ3) is 6.92. The van der Waals surface area contributed by atoms with Gasteiger partial charge >= 0.3 is 0 Å². The minimum absolute atomic E-state index is 0.0490. The van der Waals surface area contributed by atoms with E-state index in [0.29, 0.717) is 29.4 Å². The molecule has 2 aromatic rings. The largest absolute Gasteiger partial charge is 0.497 e. The van der Waals surface area contributed by atoms with Crippen LogP contribution in [0.15, 0.2) is 48.5 Å². The van der Waals surface area contributed by atoms with Crippen molar-refractivity contribution in [1.82, 2.24) is 4.72 Å². The molecule has 0 aliphatic carbocycles. The first-order valence-corrected chi connectivity index (χ1v) is 10.3. The minimum Gasteiger partial charge on any atom is -0.497 e. The van der Waals surface area contributed by atoms with Crippen LogP contribution in [0, 0.1) is 0 Å². The molecule has 2 rings (SSSR count). The lowest BCUT2D eigenvalue weighted by molar-refractivity contribution is -0.116. The monoisotopic (exact) mass is 392 g/mol. The first-order valence-electron chi connectivity index (χ1n) is 8.44. The van der Waals surface area contributed by atoms with Crippen LogP contribution < -0.4 is 19.5 Å². The third-order valence-electron chi connectivity index (χ3n) is 3.71. The average molecular weight is 392 g/mol. The van der Waals surface area contributed by atoms with Gasteiger partial charge in [-0.15, -0.1) is 0 Å². The fourth-order valence-electron chi connectivity index (χ4n) is 2.52. The summed E-state index contributed by atoms with van der Waals surface area (Å²) in [6.45, 7) is 2.45. The first-order chi connectivity index (χ1) is 12.8. The topological polar surface area (TPSA) is 93.7 Å². The van der Waals surface area contributed by atoms with E-state index >= 15 is 0 Å². The Kier molecular flexibility index (Phi) is 7.20. The second-order valence-electron chi connectivity index (χ2n) is 5.93. The molecule has 0 aliphatic rings. The number of methoxy groups -OCH3 is 1. The van der Waals surface area contributed by atoms with Crippen molar-refractivity contribution in [3.05, 3.63) is 54.1 Å². The standard InChI is InChI=1S/C19H24N2O5S/c1-4-26-17-11-7-15(8-12-17)20-19(22)13-18(21-27(3,23)24)14-5-9-16(25-2)10-6-14/h5-12,18,21H,4,13H2,1-3H3,(H,20,22)/t18-/m1/s1. The molecular formula is C19H24N2O5S. The van der Waals surface area contributed by atoms with E-state index in [2.05, 4.69) is 10.0 Å². The van der Waals surface area contributed by atoms with Gasteiger partial charge < -0.3 is 14.8 Å². The van der Waals surface area contributed by atoms with Crippen LogP contribution >= 0.6 is 0 Å². The SMILES string of the molecule is CCOc1ccc(NC(=O)C[C@@H](NS(C)(=O)=O)c2ccc(OC)cc2)cc1. The summed E-state index contributed by atoms with van der Waals surface area (Å²) < 4.78 is 36.4. The number of carbonyl (C=O) groups excluding carboxylic acids is 1. The Labute approximate surface area is 159 Å². The summed E-state index contributed by atoms with van der Waals surface area (Å²) in [5, 5.41) is 2.77. The maximum absolute atomic E-state index is 12.4. The molecule has 0 aromatic heterocycles. The number of hydrogen-bond donors (Lipinski definition) is 2. The molecule has 2 N–H and O–H groups in total.